The van der Waals surface area contributed by atoms with Gasteiger partial charge in [0.1, 0.15) is 11.3 Å². The molecule has 8 nitrogen and oxygen atoms in total. The van der Waals surface area contributed by atoms with Crippen LogP contribution in [0.3, 0.4) is 0 Å². The van der Waals surface area contributed by atoms with Crippen LogP contribution in [0.4, 0.5) is 0 Å². The van der Waals surface area contributed by atoms with Gasteiger partial charge in [-0.15, -0.1) is 0 Å². The highest BCUT2D eigenvalue weighted by molar-refractivity contribution is 6.46. The van der Waals surface area contributed by atoms with E-state index in [9.17, 15) is 14.7 Å². The Kier molecular flexibility index (Phi) is 6.35. The Morgan fingerprint density at radius 3 is 2.51 bits per heavy atom. The topological polar surface area (TPSA) is 87.4 Å². The zero-order valence-corrected chi connectivity index (χ0v) is 20.5. The molecule has 0 saturated carbocycles. The molecular formula is C26H27ClN4O4. The van der Waals surface area contributed by atoms with Crippen molar-refractivity contribution in [3.8, 4) is 0 Å². The van der Waals surface area contributed by atoms with E-state index in [2.05, 4.69) is 9.88 Å². The molecule has 0 radical (unpaired) electrons. The molecule has 182 valence electrons. The monoisotopic (exact) mass is 494 g/mol. The van der Waals surface area contributed by atoms with Gasteiger partial charge in [-0.2, -0.15) is 0 Å². The molecule has 0 spiro atoms. The number of carbonyl (C=O) groups is 2. The first-order valence-electron chi connectivity index (χ1n) is 11.7. The summed E-state index contributed by atoms with van der Waals surface area (Å²) in [5.41, 5.74) is 3.37. The zero-order chi connectivity index (χ0) is 24.7. The minimum Gasteiger partial charge on any atom is -0.505 e. The standard InChI is InChI=1S/C26H27ClN4O4/c1-16-4-3-9-30-17(2)21(28-25(16)30)23(32)20-22(18-5-7-19(27)8-6-18)31(26(34)24(20)33)11-10-29-12-14-35-15-13-29/h3-9,22,32H,10-15H2,1-2H3/b23-20+. The van der Waals surface area contributed by atoms with Crippen molar-refractivity contribution in [1.82, 2.24) is 19.2 Å². The molecule has 3 aromatic rings. The summed E-state index contributed by atoms with van der Waals surface area (Å²) in [6.07, 6.45) is 1.86. The molecule has 2 saturated heterocycles. The number of morpholine rings is 1. The number of hydrogen-bond donors (Lipinski definition) is 1. The third kappa shape index (κ3) is 4.22. The van der Waals surface area contributed by atoms with Gasteiger partial charge in [-0.05, 0) is 43.2 Å². The van der Waals surface area contributed by atoms with E-state index in [4.69, 9.17) is 16.3 Å². The number of imidazole rings is 1. The van der Waals surface area contributed by atoms with Crippen LogP contribution in [0.1, 0.15) is 28.6 Å². The predicted molar refractivity (Wildman–Crippen MR) is 132 cm³/mol. The van der Waals surface area contributed by atoms with Gasteiger partial charge in [0.05, 0.1) is 30.5 Å². The lowest BCUT2D eigenvalue weighted by molar-refractivity contribution is -0.140. The van der Waals surface area contributed by atoms with E-state index < -0.39 is 17.7 Å². The van der Waals surface area contributed by atoms with E-state index in [1.54, 1.807) is 29.2 Å². The number of fused-ring (bicyclic) bond motifs is 1. The predicted octanol–water partition coefficient (Wildman–Crippen LogP) is 3.36. The van der Waals surface area contributed by atoms with Gasteiger partial charge in [-0.25, -0.2) is 4.98 Å². The molecule has 1 aromatic carbocycles. The summed E-state index contributed by atoms with van der Waals surface area (Å²) in [6, 6.07) is 10.1. The number of hydrogen-bond acceptors (Lipinski definition) is 6. The van der Waals surface area contributed by atoms with Crippen molar-refractivity contribution in [1.29, 1.82) is 0 Å². The summed E-state index contributed by atoms with van der Waals surface area (Å²) < 4.78 is 7.29. The summed E-state index contributed by atoms with van der Waals surface area (Å²) in [5, 5.41) is 12.0. The highest BCUT2D eigenvalue weighted by Gasteiger charge is 2.46. The molecule has 35 heavy (non-hydrogen) atoms. The van der Waals surface area contributed by atoms with E-state index in [0.717, 1.165) is 18.7 Å². The number of likely N-dealkylation sites (tertiary alicyclic amines) is 1. The SMILES string of the molecule is Cc1cccn2c(C)c(/C(O)=C3\C(=O)C(=O)N(CCN4CCOCC4)C3c3ccc(Cl)cc3)nc12. The molecule has 5 rings (SSSR count). The third-order valence-corrected chi connectivity index (χ3v) is 7.05. The number of aliphatic hydroxyl groups excluding tert-OH is 1. The van der Waals surface area contributed by atoms with Crippen molar-refractivity contribution in [2.45, 2.75) is 19.9 Å². The number of rotatable bonds is 5. The van der Waals surface area contributed by atoms with Crippen molar-refractivity contribution in [3.05, 3.63) is 75.7 Å². The van der Waals surface area contributed by atoms with Crippen LogP contribution in [0.5, 0.6) is 0 Å². The average Bonchev–Trinajstić information content (AvgIpc) is 3.33. The molecule has 1 unspecified atom stereocenters. The number of aliphatic hydroxyl groups is 1. The van der Waals surface area contributed by atoms with Crippen molar-refractivity contribution in [2.75, 3.05) is 39.4 Å². The number of carbonyl (C=O) groups excluding carboxylic acids is 2. The first kappa shape index (κ1) is 23.5. The molecule has 1 N–H and O–H groups in total. The molecular weight excluding hydrogens is 468 g/mol. The van der Waals surface area contributed by atoms with Gasteiger partial charge in [0.25, 0.3) is 11.7 Å². The third-order valence-electron chi connectivity index (χ3n) is 6.79. The molecule has 2 fully saturated rings. The van der Waals surface area contributed by atoms with E-state index in [1.807, 2.05) is 36.6 Å². The molecule has 1 atom stereocenters. The van der Waals surface area contributed by atoms with Gasteiger partial charge in [0.15, 0.2) is 5.76 Å². The zero-order valence-electron chi connectivity index (χ0n) is 19.7. The fourth-order valence-electron chi connectivity index (χ4n) is 4.85. The van der Waals surface area contributed by atoms with Crippen LogP contribution >= 0.6 is 11.6 Å². The number of ketones is 1. The van der Waals surface area contributed by atoms with Crippen molar-refractivity contribution < 1.29 is 19.4 Å². The van der Waals surface area contributed by atoms with Crippen LogP contribution in [-0.2, 0) is 14.3 Å². The maximum Gasteiger partial charge on any atom is 0.295 e. The first-order valence-corrected chi connectivity index (χ1v) is 12.0. The molecule has 2 aliphatic heterocycles. The molecule has 0 aliphatic carbocycles. The van der Waals surface area contributed by atoms with Crippen molar-refractivity contribution in [2.24, 2.45) is 0 Å². The lowest BCUT2D eigenvalue weighted by Gasteiger charge is -2.31. The quantitative estimate of drug-likeness (QED) is 0.332. The van der Waals surface area contributed by atoms with Crippen LogP contribution < -0.4 is 0 Å². The Balaban J connectivity index is 1.60. The second-order valence-corrected chi connectivity index (χ2v) is 9.37. The van der Waals surface area contributed by atoms with Gasteiger partial charge < -0.3 is 19.1 Å². The molecule has 4 heterocycles. The van der Waals surface area contributed by atoms with Gasteiger partial charge in [-0.1, -0.05) is 29.8 Å². The number of aromatic nitrogens is 2. The highest BCUT2D eigenvalue weighted by Crippen LogP contribution is 2.40. The molecule has 9 heteroatoms. The summed E-state index contributed by atoms with van der Waals surface area (Å²) in [5.74, 6) is -1.60. The minimum atomic E-state index is -0.737. The second kappa shape index (κ2) is 9.45. The fourth-order valence-corrected chi connectivity index (χ4v) is 4.98. The van der Waals surface area contributed by atoms with E-state index in [0.29, 0.717) is 53.9 Å². The van der Waals surface area contributed by atoms with E-state index >= 15 is 0 Å². The van der Waals surface area contributed by atoms with Crippen LogP contribution in [0.15, 0.2) is 48.2 Å². The lowest BCUT2D eigenvalue weighted by Crippen LogP contribution is -2.42. The minimum absolute atomic E-state index is 0.0449. The van der Waals surface area contributed by atoms with E-state index in [-0.39, 0.29) is 11.3 Å². The summed E-state index contributed by atoms with van der Waals surface area (Å²) in [6.45, 7) is 7.55. The van der Waals surface area contributed by atoms with Crippen molar-refractivity contribution in [3.63, 3.8) is 0 Å². The fraction of sp³-hybridized carbons (Fsp3) is 0.346. The van der Waals surface area contributed by atoms with Gasteiger partial charge in [0.2, 0.25) is 0 Å². The highest BCUT2D eigenvalue weighted by atomic mass is 35.5. The van der Waals surface area contributed by atoms with Crippen LogP contribution in [0.2, 0.25) is 5.02 Å². The Hall–Kier alpha value is -3.20. The number of amides is 1. The lowest BCUT2D eigenvalue weighted by atomic mass is 9.96. The normalized spacial score (nSPS) is 20.8. The number of aryl methyl sites for hydroxylation is 2. The van der Waals surface area contributed by atoms with E-state index in [1.165, 1.54) is 0 Å². The molecule has 2 aliphatic rings. The molecule has 1 amide bonds. The number of Topliss-reactive ketones (excluding diaryl/α,β-unsaturated/α-hetero) is 1. The van der Waals surface area contributed by atoms with Crippen LogP contribution in [0, 0.1) is 13.8 Å². The Morgan fingerprint density at radius 2 is 1.83 bits per heavy atom. The van der Waals surface area contributed by atoms with Crippen molar-refractivity contribution >= 4 is 34.7 Å². The summed E-state index contributed by atoms with van der Waals surface area (Å²) in [4.78, 5) is 34.9. The van der Waals surface area contributed by atoms with Gasteiger partial charge in [-0.3, -0.25) is 14.5 Å². The average molecular weight is 495 g/mol. The first-order chi connectivity index (χ1) is 16.9. The summed E-state index contributed by atoms with van der Waals surface area (Å²) in [7, 11) is 0. The number of ether oxygens (including phenoxy) is 1. The Morgan fingerprint density at radius 1 is 1.11 bits per heavy atom. The number of benzene rings is 1. The largest absolute Gasteiger partial charge is 0.505 e. The van der Waals surface area contributed by atoms with Crippen LogP contribution in [0.25, 0.3) is 11.4 Å². The molecule has 0 bridgehead atoms. The second-order valence-electron chi connectivity index (χ2n) is 8.93. The van der Waals surface area contributed by atoms with Gasteiger partial charge >= 0.3 is 0 Å². The number of halogens is 1. The number of nitrogens with zero attached hydrogens (tertiary/aromatic N) is 4. The summed E-state index contributed by atoms with van der Waals surface area (Å²) >= 11 is 6.11. The van der Waals surface area contributed by atoms with Crippen LogP contribution in [-0.4, -0.2) is 75.4 Å². The number of pyridine rings is 1. The maximum absolute atomic E-state index is 13.3. The Labute approximate surface area is 208 Å². The molecule has 2 aromatic heterocycles. The Bertz CT molecular complexity index is 1330. The maximum atomic E-state index is 13.3. The smallest absolute Gasteiger partial charge is 0.295 e. The van der Waals surface area contributed by atoms with Gasteiger partial charge in [0, 0.05) is 37.4 Å².